The largest absolute Gasteiger partial charge is 0.495 e. The zero-order valence-corrected chi connectivity index (χ0v) is 20.0. The minimum absolute atomic E-state index is 0.198. The summed E-state index contributed by atoms with van der Waals surface area (Å²) < 4.78 is 24.4. The molecule has 2 aliphatic heterocycles. The Bertz CT molecular complexity index is 827. The maximum atomic E-state index is 12.6. The van der Waals surface area contributed by atoms with E-state index >= 15 is 0 Å². The van der Waals surface area contributed by atoms with Gasteiger partial charge in [-0.05, 0) is 83.8 Å². The molecule has 0 aromatic heterocycles. The fraction of sp³-hybridized carbons (Fsp3) is 0.708. The lowest BCUT2D eigenvalue weighted by molar-refractivity contribution is -0.0432. The second-order valence-electron chi connectivity index (χ2n) is 11.0. The monoisotopic (exact) mass is 429 g/mol. The van der Waals surface area contributed by atoms with Crippen molar-refractivity contribution in [2.75, 3.05) is 19.7 Å². The Morgan fingerprint density at radius 1 is 1.13 bits per heavy atom. The molecule has 2 saturated heterocycles. The summed E-state index contributed by atoms with van der Waals surface area (Å²) in [7, 11) is -0.397. The van der Waals surface area contributed by atoms with E-state index in [1.165, 1.54) is 18.4 Å². The van der Waals surface area contributed by atoms with Crippen LogP contribution in [0.4, 0.5) is 4.79 Å². The first-order valence-electron chi connectivity index (χ1n) is 11.5. The first-order chi connectivity index (χ1) is 14.4. The van der Waals surface area contributed by atoms with Crippen LogP contribution in [0.5, 0.6) is 0 Å². The average molecular weight is 429 g/mol. The van der Waals surface area contributed by atoms with Gasteiger partial charge in [0.2, 0.25) is 0 Å². The van der Waals surface area contributed by atoms with Gasteiger partial charge in [0.25, 0.3) is 0 Å². The normalized spacial score (nSPS) is 25.6. The van der Waals surface area contributed by atoms with Crippen LogP contribution in [0.25, 0.3) is 0 Å². The van der Waals surface area contributed by atoms with Gasteiger partial charge >= 0.3 is 13.2 Å². The van der Waals surface area contributed by atoms with Crippen LogP contribution in [-0.4, -0.2) is 54.6 Å². The lowest BCUT2D eigenvalue weighted by Gasteiger charge is -2.34. The van der Waals surface area contributed by atoms with Gasteiger partial charge in [-0.1, -0.05) is 18.2 Å². The minimum atomic E-state index is -0.513. The van der Waals surface area contributed by atoms with Gasteiger partial charge in [-0.3, -0.25) is 0 Å². The molecule has 1 unspecified atom stereocenters. The summed E-state index contributed by atoms with van der Waals surface area (Å²) in [5.74, 6) is 0.577. The molecular weight excluding hydrogens is 393 g/mol. The summed E-state index contributed by atoms with van der Waals surface area (Å²) >= 11 is 0. The molecule has 1 saturated carbocycles. The molecule has 4 rings (SSSR count). The molecule has 3 aliphatic rings. The number of ether oxygens (including phenoxy) is 2. The molecule has 6 nitrogen and oxygen atoms in total. The van der Waals surface area contributed by atoms with Crippen molar-refractivity contribution in [3.8, 4) is 0 Å². The van der Waals surface area contributed by atoms with E-state index < -0.39 is 12.7 Å². The van der Waals surface area contributed by atoms with Crippen molar-refractivity contribution in [3.63, 3.8) is 0 Å². The van der Waals surface area contributed by atoms with E-state index in [2.05, 4.69) is 45.9 Å². The third-order valence-corrected chi connectivity index (χ3v) is 6.73. The van der Waals surface area contributed by atoms with Crippen LogP contribution in [0.1, 0.15) is 84.5 Å². The van der Waals surface area contributed by atoms with Gasteiger partial charge in [0.1, 0.15) is 11.7 Å². The SMILES string of the molecule is CC(C)(C)OC(=O)N1CCOC(c2ccc(C3CC3)c(B3OC(C)(C)C(C)(C)O3)c2)C1. The van der Waals surface area contributed by atoms with Crippen molar-refractivity contribution in [2.45, 2.75) is 90.1 Å². The summed E-state index contributed by atoms with van der Waals surface area (Å²) in [5, 5.41) is 0. The fourth-order valence-corrected chi connectivity index (χ4v) is 4.08. The van der Waals surface area contributed by atoms with Crippen LogP contribution < -0.4 is 5.46 Å². The molecule has 0 spiro atoms. The third kappa shape index (κ3) is 4.79. The van der Waals surface area contributed by atoms with E-state index in [1.54, 1.807) is 4.90 Å². The number of nitrogens with zero attached hydrogens (tertiary/aromatic N) is 1. The van der Waals surface area contributed by atoms with E-state index in [0.29, 0.717) is 25.6 Å². The van der Waals surface area contributed by atoms with Gasteiger partial charge in [-0.25, -0.2) is 4.79 Å². The topological polar surface area (TPSA) is 57.2 Å². The van der Waals surface area contributed by atoms with E-state index in [4.69, 9.17) is 18.8 Å². The van der Waals surface area contributed by atoms with Crippen molar-refractivity contribution in [2.24, 2.45) is 0 Å². The van der Waals surface area contributed by atoms with Gasteiger partial charge in [-0.2, -0.15) is 0 Å². The minimum Gasteiger partial charge on any atom is -0.444 e. The number of benzene rings is 1. The van der Waals surface area contributed by atoms with Crippen LogP contribution >= 0.6 is 0 Å². The molecule has 1 aromatic carbocycles. The molecule has 0 N–H and O–H groups in total. The van der Waals surface area contributed by atoms with E-state index in [1.807, 2.05) is 20.8 Å². The van der Waals surface area contributed by atoms with Crippen molar-refractivity contribution < 1.29 is 23.6 Å². The van der Waals surface area contributed by atoms with Gasteiger partial charge in [0, 0.05) is 6.54 Å². The van der Waals surface area contributed by atoms with E-state index in [0.717, 1.165) is 11.0 Å². The highest BCUT2D eigenvalue weighted by Crippen LogP contribution is 2.42. The molecular formula is C24H36BNO5. The molecule has 1 amide bonds. The molecule has 7 heteroatoms. The lowest BCUT2D eigenvalue weighted by Crippen LogP contribution is -2.45. The first kappa shape index (κ1) is 22.6. The fourth-order valence-electron chi connectivity index (χ4n) is 4.08. The number of morpholine rings is 1. The number of carbonyl (C=O) groups is 1. The highest BCUT2D eigenvalue weighted by molar-refractivity contribution is 6.62. The number of carbonyl (C=O) groups excluding carboxylic acids is 1. The van der Waals surface area contributed by atoms with Crippen LogP contribution in [0.2, 0.25) is 0 Å². The zero-order chi connectivity index (χ0) is 22.6. The summed E-state index contributed by atoms with van der Waals surface area (Å²) in [6.45, 7) is 15.5. The summed E-state index contributed by atoms with van der Waals surface area (Å²) in [5.41, 5.74) is 2.16. The molecule has 0 bridgehead atoms. The van der Waals surface area contributed by atoms with Crippen molar-refractivity contribution in [1.82, 2.24) is 4.90 Å². The Balaban J connectivity index is 1.57. The van der Waals surface area contributed by atoms with Crippen molar-refractivity contribution in [1.29, 1.82) is 0 Å². The van der Waals surface area contributed by atoms with Crippen LogP contribution in [0, 0.1) is 0 Å². The molecule has 1 aromatic rings. The Labute approximate surface area is 186 Å². The second-order valence-corrected chi connectivity index (χ2v) is 11.0. The zero-order valence-electron chi connectivity index (χ0n) is 20.0. The van der Waals surface area contributed by atoms with Gasteiger partial charge in [0.05, 0.1) is 24.4 Å². The lowest BCUT2D eigenvalue weighted by atomic mass is 9.73. The molecule has 3 fully saturated rings. The number of amides is 1. The molecule has 1 aliphatic carbocycles. The summed E-state index contributed by atoms with van der Waals surface area (Å²) in [4.78, 5) is 14.3. The van der Waals surface area contributed by atoms with E-state index in [9.17, 15) is 4.79 Å². The third-order valence-electron chi connectivity index (χ3n) is 6.73. The first-order valence-corrected chi connectivity index (χ1v) is 11.5. The average Bonchev–Trinajstić information content (AvgIpc) is 3.47. The van der Waals surface area contributed by atoms with Crippen LogP contribution in [-0.2, 0) is 18.8 Å². The predicted octanol–water partition coefficient (Wildman–Crippen LogP) is 4.17. The predicted molar refractivity (Wildman–Crippen MR) is 121 cm³/mol. The quantitative estimate of drug-likeness (QED) is 0.675. The van der Waals surface area contributed by atoms with Gasteiger partial charge in [0.15, 0.2) is 0 Å². The van der Waals surface area contributed by atoms with Crippen LogP contribution in [0.15, 0.2) is 18.2 Å². The van der Waals surface area contributed by atoms with Crippen molar-refractivity contribution in [3.05, 3.63) is 29.3 Å². The van der Waals surface area contributed by atoms with Crippen LogP contribution in [0.3, 0.4) is 0 Å². The maximum Gasteiger partial charge on any atom is 0.495 e. The Kier molecular flexibility index (Phi) is 5.68. The standard InChI is InChI=1S/C24H36BNO5/c1-22(2,3)29-21(27)26-12-13-28-20(15-26)17-10-11-18(16-8-9-16)19(14-17)25-30-23(4,5)24(6,7)31-25/h10-11,14,16,20H,8-9,12-13,15H2,1-7H3. The molecule has 1 atom stereocenters. The molecule has 31 heavy (non-hydrogen) atoms. The Morgan fingerprint density at radius 3 is 2.35 bits per heavy atom. The highest BCUT2D eigenvalue weighted by Gasteiger charge is 2.52. The summed E-state index contributed by atoms with van der Waals surface area (Å²) in [6, 6.07) is 6.49. The Morgan fingerprint density at radius 2 is 1.77 bits per heavy atom. The van der Waals surface area contributed by atoms with Gasteiger partial charge < -0.3 is 23.7 Å². The van der Waals surface area contributed by atoms with Crippen molar-refractivity contribution >= 4 is 18.7 Å². The Hall–Kier alpha value is -1.57. The highest BCUT2D eigenvalue weighted by atomic mass is 16.7. The molecule has 170 valence electrons. The molecule has 0 radical (unpaired) electrons. The number of rotatable bonds is 3. The number of hydrogen-bond donors (Lipinski definition) is 0. The van der Waals surface area contributed by atoms with E-state index in [-0.39, 0.29) is 23.4 Å². The summed E-state index contributed by atoms with van der Waals surface area (Å²) in [6.07, 6.45) is 1.92. The van der Waals surface area contributed by atoms with Gasteiger partial charge in [-0.15, -0.1) is 0 Å². The number of hydrogen-bond acceptors (Lipinski definition) is 5. The molecule has 2 heterocycles. The second kappa shape index (κ2) is 7.78. The maximum absolute atomic E-state index is 12.6. The smallest absolute Gasteiger partial charge is 0.444 e.